The van der Waals surface area contributed by atoms with Crippen molar-refractivity contribution in [3.05, 3.63) is 95.3 Å². The number of fused-ring (bicyclic) bond motifs is 1. The molecule has 0 aliphatic rings. The molecule has 0 fully saturated rings. The van der Waals surface area contributed by atoms with Crippen LogP contribution < -0.4 is 4.74 Å². The Morgan fingerprint density at radius 3 is 2.21 bits per heavy atom. The summed E-state index contributed by atoms with van der Waals surface area (Å²) in [5.74, 6) is -2.02. The van der Waals surface area contributed by atoms with E-state index in [1.165, 1.54) is 18.3 Å². The van der Waals surface area contributed by atoms with Crippen LogP contribution in [-0.2, 0) is 23.8 Å². The van der Waals surface area contributed by atoms with Gasteiger partial charge in [0, 0.05) is 37.4 Å². The minimum atomic E-state index is -4.87. The van der Waals surface area contributed by atoms with Crippen LogP contribution in [0.3, 0.4) is 0 Å². The van der Waals surface area contributed by atoms with Crippen molar-refractivity contribution in [2.75, 3.05) is 0 Å². The van der Waals surface area contributed by atoms with Gasteiger partial charge in [-0.15, -0.1) is 0 Å². The molecule has 3 aromatic carbocycles. The Hall–Kier alpha value is -3.88. The number of carbonyl (C=O) groups is 1. The van der Waals surface area contributed by atoms with Crippen molar-refractivity contribution >= 4 is 16.8 Å². The van der Waals surface area contributed by atoms with Crippen LogP contribution in [-0.4, -0.2) is 15.8 Å². The second-order valence-electron chi connectivity index (χ2n) is 7.27. The molecule has 1 heterocycles. The van der Waals surface area contributed by atoms with Crippen LogP contribution in [0.2, 0.25) is 0 Å². The highest BCUT2D eigenvalue weighted by atomic mass is 19.4. The minimum Gasteiger partial charge on any atom is -0.457 e. The molecule has 0 unspecified atom stereocenters. The van der Waals surface area contributed by atoms with Crippen molar-refractivity contribution < 1.29 is 31.5 Å². The van der Waals surface area contributed by atoms with Crippen LogP contribution in [0.4, 0.5) is 22.0 Å². The summed E-state index contributed by atoms with van der Waals surface area (Å²) >= 11 is 0. The molecular weight excluding hydrogens is 443 g/mol. The molecule has 4 nitrogen and oxygen atoms in total. The summed E-state index contributed by atoms with van der Waals surface area (Å²) in [6.45, 7) is 0. The first kappa shape index (κ1) is 22.3. The van der Waals surface area contributed by atoms with E-state index in [0.29, 0.717) is 28.9 Å². The topological polar surface area (TPSA) is 52.1 Å². The number of alkyl halides is 3. The van der Waals surface area contributed by atoms with Gasteiger partial charge in [-0.2, -0.15) is 13.2 Å². The number of rotatable bonds is 6. The van der Waals surface area contributed by atoms with Gasteiger partial charge in [0.2, 0.25) is 0 Å². The molecule has 0 bridgehead atoms. The number of halogens is 5. The largest absolute Gasteiger partial charge is 0.457 e. The highest BCUT2D eigenvalue weighted by molar-refractivity contribution is 5.83. The summed E-state index contributed by atoms with van der Waals surface area (Å²) in [7, 11) is 0. The van der Waals surface area contributed by atoms with Crippen LogP contribution in [0, 0.1) is 11.6 Å². The number of Topliss-reactive ketones (excluding diaryl/α,β-unsaturated/α-hetero) is 1. The molecule has 4 rings (SSSR count). The Kier molecular flexibility index (Phi) is 6.04. The summed E-state index contributed by atoms with van der Waals surface area (Å²) in [5, 5.41) is 0. The standard InChI is InChI=1S/C24H15F5N2O2/c25-20-5-1-14(10-19(20)24(27,28)29)9-16(32)11-15-2-3-17(12-21(15)26)33-18-4-6-22-23(13-18)31-8-7-30-22/h1-8,10,12-13H,9,11H2. The van der Waals surface area contributed by atoms with E-state index >= 15 is 0 Å². The Balaban J connectivity index is 1.44. The van der Waals surface area contributed by atoms with E-state index in [1.807, 2.05) is 0 Å². The van der Waals surface area contributed by atoms with Gasteiger partial charge >= 0.3 is 6.18 Å². The second kappa shape index (κ2) is 8.93. The van der Waals surface area contributed by atoms with Crippen LogP contribution >= 0.6 is 0 Å². The molecular formula is C24H15F5N2O2. The maximum atomic E-state index is 14.5. The first-order chi connectivity index (χ1) is 15.7. The molecule has 0 spiro atoms. The first-order valence-corrected chi connectivity index (χ1v) is 9.73. The van der Waals surface area contributed by atoms with Gasteiger partial charge in [-0.3, -0.25) is 14.8 Å². The summed E-state index contributed by atoms with van der Waals surface area (Å²) in [6.07, 6.45) is -2.50. The lowest BCUT2D eigenvalue weighted by atomic mass is 10.0. The van der Waals surface area contributed by atoms with E-state index in [9.17, 15) is 26.7 Å². The summed E-state index contributed by atoms with van der Waals surface area (Å²) in [6, 6.07) is 11.3. The molecule has 0 radical (unpaired) electrons. The Bertz CT molecular complexity index is 1340. The fourth-order valence-corrected chi connectivity index (χ4v) is 3.28. The first-order valence-electron chi connectivity index (χ1n) is 9.73. The van der Waals surface area contributed by atoms with Crippen LogP contribution in [0.1, 0.15) is 16.7 Å². The zero-order chi connectivity index (χ0) is 23.6. The van der Waals surface area contributed by atoms with Gasteiger partial charge in [-0.1, -0.05) is 12.1 Å². The van der Waals surface area contributed by atoms with Gasteiger partial charge in [0.15, 0.2) is 0 Å². The van der Waals surface area contributed by atoms with E-state index in [1.54, 1.807) is 24.4 Å². The van der Waals surface area contributed by atoms with Gasteiger partial charge < -0.3 is 4.74 Å². The Morgan fingerprint density at radius 1 is 0.788 bits per heavy atom. The minimum absolute atomic E-state index is 0.00603. The molecule has 0 saturated carbocycles. The average molecular weight is 458 g/mol. The van der Waals surface area contributed by atoms with E-state index in [4.69, 9.17) is 4.74 Å². The zero-order valence-electron chi connectivity index (χ0n) is 16.9. The lowest BCUT2D eigenvalue weighted by molar-refractivity contribution is -0.140. The van der Waals surface area contributed by atoms with Crippen LogP contribution in [0.5, 0.6) is 11.5 Å². The molecule has 9 heteroatoms. The predicted molar refractivity (Wildman–Crippen MR) is 110 cm³/mol. The molecule has 1 aromatic heterocycles. The highest BCUT2D eigenvalue weighted by Crippen LogP contribution is 2.32. The van der Waals surface area contributed by atoms with Crippen LogP contribution in [0.25, 0.3) is 11.0 Å². The van der Waals surface area contributed by atoms with Gasteiger partial charge in [-0.25, -0.2) is 8.78 Å². The smallest absolute Gasteiger partial charge is 0.419 e. The number of aromatic nitrogens is 2. The zero-order valence-corrected chi connectivity index (χ0v) is 16.9. The van der Waals surface area contributed by atoms with Crippen molar-refractivity contribution in [1.29, 1.82) is 0 Å². The molecule has 0 amide bonds. The molecule has 0 N–H and O–H groups in total. The number of hydrogen-bond acceptors (Lipinski definition) is 4. The highest BCUT2D eigenvalue weighted by Gasteiger charge is 2.34. The summed E-state index contributed by atoms with van der Waals surface area (Å²) in [5.41, 5.74) is -0.107. The van der Waals surface area contributed by atoms with Crippen LogP contribution in [0.15, 0.2) is 67.0 Å². The molecule has 0 saturated heterocycles. The summed E-state index contributed by atoms with van der Waals surface area (Å²) < 4.78 is 72.1. The normalized spacial score (nSPS) is 11.5. The van der Waals surface area contributed by atoms with E-state index < -0.39 is 29.2 Å². The van der Waals surface area contributed by atoms with Gasteiger partial charge in [0.1, 0.15) is 28.9 Å². The van der Waals surface area contributed by atoms with E-state index in [0.717, 1.165) is 12.1 Å². The SMILES string of the molecule is O=C(Cc1ccc(F)c(C(F)(F)F)c1)Cc1ccc(Oc2ccc3nccnc3c2)cc1F. The lowest BCUT2D eigenvalue weighted by Crippen LogP contribution is -2.12. The van der Waals surface area contributed by atoms with Crippen molar-refractivity contribution in [1.82, 2.24) is 9.97 Å². The van der Waals surface area contributed by atoms with Crippen molar-refractivity contribution in [3.63, 3.8) is 0 Å². The maximum absolute atomic E-state index is 14.5. The number of ketones is 1. The Labute approximate surface area is 184 Å². The van der Waals surface area contributed by atoms with Crippen molar-refractivity contribution in [3.8, 4) is 11.5 Å². The fraction of sp³-hybridized carbons (Fsp3) is 0.125. The quantitative estimate of drug-likeness (QED) is 0.329. The fourth-order valence-electron chi connectivity index (χ4n) is 3.28. The van der Waals surface area contributed by atoms with Crippen molar-refractivity contribution in [2.24, 2.45) is 0 Å². The third kappa shape index (κ3) is 5.31. The number of hydrogen-bond donors (Lipinski definition) is 0. The summed E-state index contributed by atoms with van der Waals surface area (Å²) in [4.78, 5) is 20.6. The van der Waals surface area contributed by atoms with Gasteiger partial charge in [0.25, 0.3) is 0 Å². The van der Waals surface area contributed by atoms with E-state index in [2.05, 4.69) is 9.97 Å². The maximum Gasteiger partial charge on any atom is 0.419 e. The third-order valence-corrected chi connectivity index (χ3v) is 4.83. The van der Waals surface area contributed by atoms with Gasteiger partial charge in [-0.05, 0) is 41.5 Å². The number of carbonyl (C=O) groups excluding carboxylic acids is 1. The Morgan fingerprint density at radius 2 is 1.48 bits per heavy atom. The predicted octanol–water partition coefficient (Wildman–Crippen LogP) is 6.07. The lowest BCUT2D eigenvalue weighted by Gasteiger charge is -2.10. The average Bonchev–Trinajstić information content (AvgIpc) is 2.76. The number of benzene rings is 3. The molecule has 33 heavy (non-hydrogen) atoms. The molecule has 4 aromatic rings. The van der Waals surface area contributed by atoms with E-state index in [-0.39, 0.29) is 29.7 Å². The molecule has 0 aliphatic heterocycles. The molecule has 0 atom stereocenters. The van der Waals surface area contributed by atoms with Gasteiger partial charge in [0.05, 0.1) is 16.6 Å². The number of nitrogens with zero attached hydrogens (tertiary/aromatic N) is 2. The third-order valence-electron chi connectivity index (χ3n) is 4.83. The number of ether oxygens (including phenoxy) is 1. The second-order valence-corrected chi connectivity index (χ2v) is 7.27. The molecule has 168 valence electrons. The monoisotopic (exact) mass is 458 g/mol. The molecule has 0 aliphatic carbocycles. The van der Waals surface area contributed by atoms with Crippen molar-refractivity contribution in [2.45, 2.75) is 19.0 Å².